The first kappa shape index (κ1) is 19.9. The zero-order valence-electron chi connectivity index (χ0n) is 18.0. The minimum atomic E-state index is 0.547. The molecule has 1 aliphatic rings. The van der Waals surface area contributed by atoms with Gasteiger partial charge in [0.15, 0.2) is 0 Å². The van der Waals surface area contributed by atoms with Gasteiger partial charge in [0.05, 0.1) is 5.52 Å². The molecule has 3 heteroatoms. The molecule has 0 unspecified atom stereocenters. The second-order valence-electron chi connectivity index (χ2n) is 8.37. The summed E-state index contributed by atoms with van der Waals surface area (Å²) in [5, 5.41) is 4.91. The highest BCUT2D eigenvalue weighted by atomic mass is 16.5. The van der Waals surface area contributed by atoms with Gasteiger partial charge in [0.25, 0.3) is 0 Å². The first-order valence-electron chi connectivity index (χ1n) is 11.1. The van der Waals surface area contributed by atoms with Gasteiger partial charge < -0.3 is 10.1 Å². The molecule has 31 heavy (non-hydrogen) atoms. The second kappa shape index (κ2) is 9.01. The van der Waals surface area contributed by atoms with E-state index >= 15 is 0 Å². The van der Waals surface area contributed by atoms with Crippen molar-refractivity contribution < 1.29 is 4.74 Å². The van der Waals surface area contributed by atoms with Crippen molar-refractivity contribution in [3.63, 3.8) is 0 Å². The van der Waals surface area contributed by atoms with Crippen LogP contribution in [0, 0.1) is 6.92 Å². The number of aromatic nitrogens is 1. The average molecular weight is 409 g/mol. The number of benzene rings is 3. The second-order valence-corrected chi connectivity index (χ2v) is 8.37. The van der Waals surface area contributed by atoms with Gasteiger partial charge in [0, 0.05) is 36.9 Å². The van der Waals surface area contributed by atoms with Gasteiger partial charge in [-0.25, -0.2) is 0 Å². The van der Waals surface area contributed by atoms with E-state index in [1.807, 2.05) is 0 Å². The van der Waals surface area contributed by atoms with Crippen molar-refractivity contribution in [2.75, 3.05) is 13.2 Å². The van der Waals surface area contributed by atoms with E-state index in [-0.39, 0.29) is 0 Å². The zero-order valence-corrected chi connectivity index (χ0v) is 18.0. The Labute approximate surface area is 184 Å². The van der Waals surface area contributed by atoms with Crippen LogP contribution in [0.1, 0.15) is 24.1 Å². The molecule has 0 atom stereocenters. The Morgan fingerprint density at radius 1 is 0.839 bits per heavy atom. The van der Waals surface area contributed by atoms with Crippen LogP contribution in [-0.2, 0) is 11.3 Å². The molecule has 1 aromatic heterocycles. The Morgan fingerprint density at radius 2 is 1.55 bits per heavy atom. The highest BCUT2D eigenvalue weighted by molar-refractivity contribution is 5.95. The lowest BCUT2D eigenvalue weighted by molar-refractivity contribution is 0.0776. The SMILES string of the molecule is Cc1cc(-c2ccc(-c3ccccc3)cc2)c2cc(CNC3CCOCC3)ccc2n1. The van der Waals surface area contributed by atoms with Crippen molar-refractivity contribution in [1.82, 2.24) is 10.3 Å². The number of pyridine rings is 1. The summed E-state index contributed by atoms with van der Waals surface area (Å²) in [5.74, 6) is 0. The van der Waals surface area contributed by atoms with Crippen LogP contribution in [0.25, 0.3) is 33.2 Å². The van der Waals surface area contributed by atoms with Crippen LogP contribution >= 0.6 is 0 Å². The maximum Gasteiger partial charge on any atom is 0.0711 e. The maximum atomic E-state index is 5.47. The van der Waals surface area contributed by atoms with Crippen LogP contribution in [0.3, 0.4) is 0 Å². The van der Waals surface area contributed by atoms with Gasteiger partial charge >= 0.3 is 0 Å². The van der Waals surface area contributed by atoms with E-state index in [2.05, 4.69) is 91.1 Å². The standard InChI is InChI=1S/C28H28N2O/c1-20-17-26(24-10-8-23(9-11-24)22-5-3-2-4-6-22)27-18-21(7-12-28(27)30-20)19-29-25-13-15-31-16-14-25/h2-12,17-18,25,29H,13-16,19H2,1H3. The molecule has 3 nitrogen and oxygen atoms in total. The Bertz CT molecular complexity index is 1160. The number of nitrogens with zero attached hydrogens (tertiary/aromatic N) is 1. The molecule has 1 fully saturated rings. The molecule has 1 saturated heterocycles. The first-order chi connectivity index (χ1) is 15.3. The molecular formula is C28H28N2O. The van der Waals surface area contributed by atoms with Crippen molar-refractivity contribution in [2.45, 2.75) is 32.4 Å². The minimum Gasteiger partial charge on any atom is -0.381 e. The topological polar surface area (TPSA) is 34.1 Å². The average Bonchev–Trinajstić information content (AvgIpc) is 2.83. The fraction of sp³-hybridized carbons (Fsp3) is 0.250. The number of hydrogen-bond donors (Lipinski definition) is 1. The third kappa shape index (κ3) is 4.53. The van der Waals surface area contributed by atoms with Crippen LogP contribution in [0.15, 0.2) is 78.9 Å². The van der Waals surface area contributed by atoms with Crippen molar-refractivity contribution in [1.29, 1.82) is 0 Å². The van der Waals surface area contributed by atoms with Crippen LogP contribution in [0.2, 0.25) is 0 Å². The normalized spacial score (nSPS) is 14.7. The largest absolute Gasteiger partial charge is 0.381 e. The number of hydrogen-bond acceptors (Lipinski definition) is 3. The Balaban J connectivity index is 1.45. The lowest BCUT2D eigenvalue weighted by Gasteiger charge is -2.23. The van der Waals surface area contributed by atoms with E-state index in [4.69, 9.17) is 9.72 Å². The molecule has 0 radical (unpaired) electrons. The molecule has 5 rings (SSSR count). The van der Waals surface area contributed by atoms with E-state index in [1.54, 1.807) is 0 Å². The number of aryl methyl sites for hydroxylation is 1. The van der Waals surface area contributed by atoms with E-state index in [9.17, 15) is 0 Å². The minimum absolute atomic E-state index is 0.547. The van der Waals surface area contributed by atoms with Gasteiger partial charge in [-0.1, -0.05) is 60.7 Å². The molecule has 1 N–H and O–H groups in total. The Hall–Kier alpha value is -3.01. The van der Waals surface area contributed by atoms with E-state index < -0.39 is 0 Å². The molecule has 156 valence electrons. The lowest BCUT2D eigenvalue weighted by Crippen LogP contribution is -2.34. The molecule has 2 heterocycles. The van der Waals surface area contributed by atoms with Crippen LogP contribution in [0.5, 0.6) is 0 Å². The number of rotatable bonds is 5. The van der Waals surface area contributed by atoms with Gasteiger partial charge in [-0.15, -0.1) is 0 Å². The van der Waals surface area contributed by atoms with Gasteiger partial charge in [0.1, 0.15) is 0 Å². The quantitative estimate of drug-likeness (QED) is 0.430. The zero-order chi connectivity index (χ0) is 21.0. The summed E-state index contributed by atoms with van der Waals surface area (Å²) in [4.78, 5) is 4.78. The van der Waals surface area contributed by atoms with Gasteiger partial charge in [-0.2, -0.15) is 0 Å². The fourth-order valence-corrected chi connectivity index (χ4v) is 4.39. The number of ether oxygens (including phenoxy) is 1. The van der Waals surface area contributed by atoms with Crippen LogP contribution in [-0.4, -0.2) is 24.2 Å². The number of fused-ring (bicyclic) bond motifs is 1. The van der Waals surface area contributed by atoms with E-state index in [1.165, 1.54) is 33.2 Å². The summed E-state index contributed by atoms with van der Waals surface area (Å²) in [5.41, 5.74) is 8.35. The molecule has 3 aromatic carbocycles. The summed E-state index contributed by atoms with van der Waals surface area (Å²) >= 11 is 0. The molecular weight excluding hydrogens is 380 g/mol. The fourth-order valence-electron chi connectivity index (χ4n) is 4.39. The summed E-state index contributed by atoms with van der Waals surface area (Å²) in [6.07, 6.45) is 2.18. The third-order valence-electron chi connectivity index (χ3n) is 6.12. The monoisotopic (exact) mass is 408 g/mol. The summed E-state index contributed by atoms with van der Waals surface area (Å²) in [6.45, 7) is 4.67. The van der Waals surface area contributed by atoms with Gasteiger partial charge in [0.2, 0.25) is 0 Å². The molecule has 0 saturated carbocycles. The molecule has 1 aliphatic heterocycles. The van der Waals surface area contributed by atoms with Crippen LogP contribution < -0.4 is 5.32 Å². The molecule has 4 aromatic rings. The van der Waals surface area contributed by atoms with Crippen molar-refractivity contribution in [3.8, 4) is 22.3 Å². The van der Waals surface area contributed by atoms with Crippen molar-refractivity contribution in [2.24, 2.45) is 0 Å². The van der Waals surface area contributed by atoms with E-state index in [0.717, 1.165) is 43.8 Å². The van der Waals surface area contributed by atoms with Crippen molar-refractivity contribution in [3.05, 3.63) is 90.1 Å². The summed E-state index contributed by atoms with van der Waals surface area (Å²) < 4.78 is 5.47. The highest BCUT2D eigenvalue weighted by Crippen LogP contribution is 2.31. The molecule has 0 bridgehead atoms. The highest BCUT2D eigenvalue weighted by Gasteiger charge is 2.13. The van der Waals surface area contributed by atoms with Gasteiger partial charge in [-0.05, 0) is 65.8 Å². The van der Waals surface area contributed by atoms with Crippen LogP contribution in [0.4, 0.5) is 0 Å². The Morgan fingerprint density at radius 3 is 2.32 bits per heavy atom. The predicted molar refractivity (Wildman–Crippen MR) is 128 cm³/mol. The molecule has 0 aliphatic carbocycles. The summed E-state index contributed by atoms with van der Waals surface area (Å²) in [7, 11) is 0. The summed E-state index contributed by atoms with van der Waals surface area (Å²) in [6, 6.07) is 28.8. The lowest BCUT2D eigenvalue weighted by atomic mass is 9.96. The first-order valence-corrected chi connectivity index (χ1v) is 11.1. The van der Waals surface area contributed by atoms with E-state index in [0.29, 0.717) is 6.04 Å². The Kier molecular flexibility index (Phi) is 5.79. The van der Waals surface area contributed by atoms with Crippen molar-refractivity contribution >= 4 is 10.9 Å². The third-order valence-corrected chi connectivity index (χ3v) is 6.12. The molecule has 0 amide bonds. The maximum absolute atomic E-state index is 5.47. The number of nitrogens with one attached hydrogen (secondary N) is 1. The smallest absolute Gasteiger partial charge is 0.0711 e. The predicted octanol–water partition coefficient (Wildman–Crippen LogP) is 6.15. The molecule has 0 spiro atoms. The van der Waals surface area contributed by atoms with Gasteiger partial charge in [-0.3, -0.25) is 4.98 Å².